The lowest BCUT2D eigenvalue weighted by atomic mass is 10.0. The summed E-state index contributed by atoms with van der Waals surface area (Å²) in [6.45, 7) is 2.53. The Labute approximate surface area is 133 Å². The average Bonchev–Trinajstić information content (AvgIpc) is 2.53. The lowest BCUT2D eigenvalue weighted by Gasteiger charge is -2.37. The molecule has 1 heterocycles. The van der Waals surface area contributed by atoms with Gasteiger partial charge in [0.1, 0.15) is 24.4 Å². The number of aliphatic hydroxyl groups is 3. The lowest BCUT2D eigenvalue weighted by molar-refractivity contribution is -0.211. The summed E-state index contributed by atoms with van der Waals surface area (Å²) in [6, 6.07) is 0. The van der Waals surface area contributed by atoms with Crippen molar-refractivity contribution in [1.82, 2.24) is 0 Å². The fourth-order valence-corrected chi connectivity index (χ4v) is 2.54. The first kappa shape index (κ1) is 19.6. The van der Waals surface area contributed by atoms with Crippen LogP contribution >= 0.6 is 0 Å². The van der Waals surface area contributed by atoms with Crippen molar-refractivity contribution >= 4 is 0 Å². The van der Waals surface area contributed by atoms with Crippen molar-refractivity contribution < 1.29 is 24.8 Å². The number of aliphatic hydroxyl groups excluding tert-OH is 3. The first-order chi connectivity index (χ1) is 10.7. The van der Waals surface area contributed by atoms with Crippen LogP contribution in [0.5, 0.6) is 0 Å². The summed E-state index contributed by atoms with van der Waals surface area (Å²) in [4.78, 5) is 0. The summed E-state index contributed by atoms with van der Waals surface area (Å²) < 4.78 is 10.9. The maximum absolute atomic E-state index is 9.91. The molecule has 0 aromatic heterocycles. The molecule has 22 heavy (non-hydrogen) atoms. The first-order valence-electron chi connectivity index (χ1n) is 8.55. The average molecular weight is 316 g/mol. The number of unbranched alkanes of at least 4 members (excludes halogenated alkanes) is 5. The van der Waals surface area contributed by atoms with Crippen LogP contribution in [0.15, 0.2) is 12.2 Å². The van der Waals surface area contributed by atoms with Crippen LogP contribution < -0.4 is 0 Å². The Morgan fingerprint density at radius 3 is 2.50 bits per heavy atom. The second kappa shape index (κ2) is 12.0. The fourth-order valence-electron chi connectivity index (χ4n) is 2.54. The van der Waals surface area contributed by atoms with E-state index in [2.05, 4.69) is 19.1 Å². The number of ether oxygens (including phenoxy) is 2. The zero-order valence-electron chi connectivity index (χ0n) is 13.7. The number of allylic oxidation sites excluding steroid dienone is 2. The molecule has 0 amide bonds. The Bertz CT molecular complexity index is 293. The van der Waals surface area contributed by atoms with Crippen LogP contribution in [-0.2, 0) is 9.47 Å². The molecule has 130 valence electrons. The van der Waals surface area contributed by atoms with E-state index in [0.29, 0.717) is 6.61 Å². The molecule has 1 rings (SSSR count). The van der Waals surface area contributed by atoms with Crippen LogP contribution in [0.3, 0.4) is 0 Å². The largest absolute Gasteiger partial charge is 0.394 e. The van der Waals surface area contributed by atoms with Gasteiger partial charge in [-0.05, 0) is 25.7 Å². The molecule has 5 nitrogen and oxygen atoms in total. The second-order valence-corrected chi connectivity index (χ2v) is 5.91. The maximum atomic E-state index is 9.91. The summed E-state index contributed by atoms with van der Waals surface area (Å²) in [5.74, 6) is 0. The molecule has 0 spiro atoms. The number of hydrogen-bond acceptors (Lipinski definition) is 5. The van der Waals surface area contributed by atoms with Gasteiger partial charge in [-0.25, -0.2) is 0 Å². The van der Waals surface area contributed by atoms with Gasteiger partial charge in [0.25, 0.3) is 0 Å². The van der Waals surface area contributed by atoms with Crippen molar-refractivity contribution in [3.05, 3.63) is 12.2 Å². The fraction of sp³-hybridized carbons (Fsp3) is 0.882. The van der Waals surface area contributed by atoms with Crippen LogP contribution in [0.1, 0.15) is 51.9 Å². The third-order valence-corrected chi connectivity index (χ3v) is 3.97. The quantitative estimate of drug-likeness (QED) is 0.400. The van der Waals surface area contributed by atoms with Gasteiger partial charge in [-0.3, -0.25) is 0 Å². The number of rotatable bonds is 11. The third kappa shape index (κ3) is 7.20. The summed E-state index contributed by atoms with van der Waals surface area (Å²) >= 11 is 0. The van der Waals surface area contributed by atoms with Crippen LogP contribution in [0.4, 0.5) is 0 Å². The molecule has 1 fully saturated rings. The Balaban J connectivity index is 2.08. The molecule has 0 aromatic rings. The highest BCUT2D eigenvalue weighted by atomic mass is 16.6. The molecule has 0 bridgehead atoms. The predicted octanol–water partition coefficient (Wildman–Crippen LogP) is 1.79. The van der Waals surface area contributed by atoms with E-state index in [1.165, 1.54) is 19.3 Å². The minimum absolute atomic E-state index is 0.0383. The van der Waals surface area contributed by atoms with Crippen molar-refractivity contribution in [2.45, 2.75) is 76.3 Å². The molecular weight excluding hydrogens is 284 g/mol. The Kier molecular flexibility index (Phi) is 10.7. The first-order valence-corrected chi connectivity index (χ1v) is 8.55. The van der Waals surface area contributed by atoms with Crippen molar-refractivity contribution in [2.75, 3.05) is 19.8 Å². The molecule has 1 saturated heterocycles. The van der Waals surface area contributed by atoms with Gasteiger partial charge in [0.2, 0.25) is 0 Å². The van der Waals surface area contributed by atoms with Crippen molar-refractivity contribution in [3.8, 4) is 0 Å². The minimum Gasteiger partial charge on any atom is -0.394 e. The van der Waals surface area contributed by atoms with Gasteiger partial charge in [0.05, 0.1) is 13.2 Å². The maximum Gasteiger partial charge on any atom is 0.114 e. The van der Waals surface area contributed by atoms with Gasteiger partial charge in [0.15, 0.2) is 0 Å². The van der Waals surface area contributed by atoms with Crippen LogP contribution in [0.2, 0.25) is 0 Å². The Hall–Kier alpha value is -0.460. The van der Waals surface area contributed by atoms with Crippen molar-refractivity contribution in [1.29, 1.82) is 0 Å². The van der Waals surface area contributed by atoms with E-state index in [9.17, 15) is 15.3 Å². The topological polar surface area (TPSA) is 79.2 Å². The lowest BCUT2D eigenvalue weighted by Crippen LogP contribution is -2.55. The molecule has 0 radical (unpaired) electrons. The van der Waals surface area contributed by atoms with Gasteiger partial charge in [-0.2, -0.15) is 0 Å². The summed E-state index contributed by atoms with van der Waals surface area (Å²) in [5.41, 5.74) is 0. The molecule has 5 heteroatoms. The van der Waals surface area contributed by atoms with Crippen LogP contribution in [0, 0.1) is 0 Å². The highest BCUT2D eigenvalue weighted by Gasteiger charge is 2.39. The van der Waals surface area contributed by atoms with E-state index in [0.717, 1.165) is 25.7 Å². The highest BCUT2D eigenvalue weighted by Crippen LogP contribution is 2.19. The van der Waals surface area contributed by atoms with E-state index in [-0.39, 0.29) is 13.2 Å². The molecular formula is C17H32O5. The normalized spacial score (nSPS) is 29.3. The zero-order chi connectivity index (χ0) is 16.2. The molecule has 0 unspecified atom stereocenters. The van der Waals surface area contributed by atoms with Crippen molar-refractivity contribution in [2.24, 2.45) is 0 Å². The molecule has 4 atom stereocenters. The molecule has 1 aliphatic heterocycles. The molecule has 0 aromatic carbocycles. The third-order valence-electron chi connectivity index (χ3n) is 3.97. The van der Waals surface area contributed by atoms with Crippen molar-refractivity contribution in [3.63, 3.8) is 0 Å². The van der Waals surface area contributed by atoms with E-state index in [1.807, 2.05) is 0 Å². The molecule has 0 aliphatic carbocycles. The summed E-state index contributed by atoms with van der Waals surface area (Å²) in [6.07, 6.45) is 9.21. The number of hydrogen-bond donors (Lipinski definition) is 3. The SMILES string of the molecule is CCCC/C=C/CCCCCO[C@H]1[C@H](O)[C@@H](O)CO[C@@H]1CO. The van der Waals surface area contributed by atoms with Gasteiger partial charge in [-0.1, -0.05) is 38.3 Å². The van der Waals surface area contributed by atoms with E-state index >= 15 is 0 Å². The highest BCUT2D eigenvalue weighted by molar-refractivity contribution is 4.87. The monoisotopic (exact) mass is 316 g/mol. The molecule has 0 saturated carbocycles. The van der Waals surface area contributed by atoms with E-state index in [1.54, 1.807) is 0 Å². The Morgan fingerprint density at radius 1 is 1.09 bits per heavy atom. The van der Waals surface area contributed by atoms with E-state index < -0.39 is 24.4 Å². The standard InChI is InChI=1S/C17H32O5/c1-2-3-4-5-6-7-8-9-10-11-21-17-15(12-18)22-13-14(19)16(17)20/h5-6,14-20H,2-4,7-13H2,1H3/b6-5+/t14-,15+,16+,17+/m0/s1. The summed E-state index contributed by atoms with van der Waals surface area (Å²) in [5, 5.41) is 28.7. The van der Waals surface area contributed by atoms with Crippen LogP contribution in [0.25, 0.3) is 0 Å². The van der Waals surface area contributed by atoms with Gasteiger partial charge < -0.3 is 24.8 Å². The van der Waals surface area contributed by atoms with Gasteiger partial charge in [-0.15, -0.1) is 0 Å². The van der Waals surface area contributed by atoms with Gasteiger partial charge >= 0.3 is 0 Å². The van der Waals surface area contributed by atoms with Crippen LogP contribution in [-0.4, -0.2) is 59.6 Å². The van der Waals surface area contributed by atoms with Gasteiger partial charge in [0, 0.05) is 6.61 Å². The smallest absolute Gasteiger partial charge is 0.114 e. The zero-order valence-corrected chi connectivity index (χ0v) is 13.7. The Morgan fingerprint density at radius 2 is 1.82 bits per heavy atom. The summed E-state index contributed by atoms with van der Waals surface area (Å²) in [7, 11) is 0. The molecule has 3 N–H and O–H groups in total. The minimum atomic E-state index is -0.993. The predicted molar refractivity (Wildman–Crippen MR) is 85.7 cm³/mol. The van der Waals surface area contributed by atoms with E-state index in [4.69, 9.17) is 9.47 Å². The second-order valence-electron chi connectivity index (χ2n) is 5.91. The molecule has 1 aliphatic rings.